The highest BCUT2D eigenvalue weighted by molar-refractivity contribution is 6.33. The molecule has 1 aromatic heterocycles. The van der Waals surface area contributed by atoms with E-state index in [9.17, 15) is 4.79 Å². The quantitative estimate of drug-likeness (QED) is 0.927. The number of ether oxygens (including phenoxy) is 1. The average Bonchev–Trinajstić information content (AvgIpc) is 3.00. The minimum atomic E-state index is -0.228. The number of nitrogens with zero attached hydrogens (tertiary/aromatic N) is 4. The third-order valence-corrected chi connectivity index (χ3v) is 4.17. The molecule has 1 saturated heterocycles. The fourth-order valence-electron chi connectivity index (χ4n) is 2.73. The molecular weight excluding hydrogens is 318 g/mol. The molecule has 8 heteroatoms. The topological polar surface area (TPSA) is 81.9 Å². The maximum absolute atomic E-state index is 12.6. The summed E-state index contributed by atoms with van der Waals surface area (Å²) in [5, 5.41) is 14.4. The molecule has 0 unspecified atom stereocenters. The largest absolute Gasteiger partial charge is 0.375 e. The van der Waals surface area contributed by atoms with Crippen LogP contribution in [0.25, 0.3) is 5.69 Å². The molecule has 23 heavy (non-hydrogen) atoms. The summed E-state index contributed by atoms with van der Waals surface area (Å²) >= 11 is 6.18. The zero-order valence-electron chi connectivity index (χ0n) is 13.0. The van der Waals surface area contributed by atoms with E-state index in [1.165, 1.54) is 11.0 Å². The zero-order chi connectivity index (χ0) is 16.4. The Kier molecular flexibility index (Phi) is 4.32. The Labute approximate surface area is 139 Å². The standard InChI is InChI=1S/C15H18ClN5O2/c1-15(2)8-10(5-6-23-15)18-14(22)12-7-11(3-4-13(12)16)21-9-17-19-20-21/h3-4,7,9-10H,5-6,8H2,1-2H3,(H,18,22)/t10-/m0/s1. The Balaban J connectivity index is 1.78. The van der Waals surface area contributed by atoms with Crippen LogP contribution in [-0.4, -0.2) is 44.4 Å². The van der Waals surface area contributed by atoms with Crippen LogP contribution in [0.5, 0.6) is 0 Å². The van der Waals surface area contributed by atoms with Crippen LogP contribution in [0, 0.1) is 0 Å². The SMILES string of the molecule is CC1(C)C[C@@H](NC(=O)c2cc(-n3cnnn3)ccc2Cl)CCO1. The van der Waals surface area contributed by atoms with Crippen molar-refractivity contribution in [3.63, 3.8) is 0 Å². The molecule has 1 aliphatic rings. The second-order valence-corrected chi connectivity index (χ2v) is 6.60. The number of hydrogen-bond acceptors (Lipinski definition) is 5. The molecule has 1 aliphatic heterocycles. The third-order valence-electron chi connectivity index (χ3n) is 3.84. The highest BCUT2D eigenvalue weighted by Gasteiger charge is 2.30. The van der Waals surface area contributed by atoms with Gasteiger partial charge < -0.3 is 10.1 Å². The van der Waals surface area contributed by atoms with Crippen molar-refractivity contribution < 1.29 is 9.53 Å². The second-order valence-electron chi connectivity index (χ2n) is 6.19. The first-order valence-electron chi connectivity index (χ1n) is 7.42. The first kappa shape index (κ1) is 15.9. The maximum atomic E-state index is 12.6. The summed E-state index contributed by atoms with van der Waals surface area (Å²) < 4.78 is 7.15. The van der Waals surface area contributed by atoms with Crippen LogP contribution in [0.3, 0.4) is 0 Å². The number of halogens is 1. The van der Waals surface area contributed by atoms with E-state index in [2.05, 4.69) is 20.8 Å². The number of amides is 1. The van der Waals surface area contributed by atoms with Crippen LogP contribution in [0.4, 0.5) is 0 Å². The molecule has 0 spiro atoms. The van der Waals surface area contributed by atoms with Crippen molar-refractivity contribution in [2.24, 2.45) is 0 Å². The monoisotopic (exact) mass is 335 g/mol. The van der Waals surface area contributed by atoms with E-state index in [-0.39, 0.29) is 17.6 Å². The molecule has 0 aliphatic carbocycles. The third kappa shape index (κ3) is 3.68. The summed E-state index contributed by atoms with van der Waals surface area (Å²) in [5.41, 5.74) is 0.856. The highest BCUT2D eigenvalue weighted by atomic mass is 35.5. The van der Waals surface area contributed by atoms with Gasteiger partial charge in [0.15, 0.2) is 0 Å². The molecule has 3 rings (SSSR count). The summed E-state index contributed by atoms with van der Waals surface area (Å²) in [6, 6.07) is 5.17. The molecular formula is C15H18ClN5O2. The Morgan fingerprint density at radius 2 is 2.30 bits per heavy atom. The lowest BCUT2D eigenvalue weighted by Crippen LogP contribution is -2.45. The van der Waals surface area contributed by atoms with Gasteiger partial charge in [-0.1, -0.05) is 11.6 Å². The Hall–Kier alpha value is -1.99. The molecule has 1 aromatic carbocycles. The molecule has 2 heterocycles. The summed E-state index contributed by atoms with van der Waals surface area (Å²) in [6.07, 6.45) is 3.02. The number of nitrogens with one attached hydrogen (secondary N) is 1. The fraction of sp³-hybridized carbons (Fsp3) is 0.467. The van der Waals surface area contributed by atoms with Gasteiger partial charge in [-0.15, -0.1) is 5.10 Å². The predicted octanol–water partition coefficient (Wildman–Crippen LogP) is 2.00. The number of carbonyl (C=O) groups is 1. The van der Waals surface area contributed by atoms with Crippen LogP contribution >= 0.6 is 11.6 Å². The molecule has 0 saturated carbocycles. The van der Waals surface area contributed by atoms with E-state index in [4.69, 9.17) is 16.3 Å². The molecule has 7 nitrogen and oxygen atoms in total. The molecule has 0 radical (unpaired) electrons. The number of rotatable bonds is 3. The van der Waals surface area contributed by atoms with Crippen molar-refractivity contribution in [1.82, 2.24) is 25.5 Å². The minimum absolute atomic E-state index is 0.0685. The van der Waals surface area contributed by atoms with E-state index < -0.39 is 0 Å². The normalized spacial score (nSPS) is 20.2. The number of carbonyl (C=O) groups excluding carboxylic acids is 1. The van der Waals surface area contributed by atoms with Gasteiger partial charge in [0.1, 0.15) is 6.33 Å². The molecule has 1 amide bonds. The van der Waals surface area contributed by atoms with Crippen molar-refractivity contribution in [2.45, 2.75) is 38.3 Å². The van der Waals surface area contributed by atoms with Gasteiger partial charge in [-0.05, 0) is 55.3 Å². The second kappa shape index (κ2) is 6.25. The van der Waals surface area contributed by atoms with E-state index in [1.807, 2.05) is 13.8 Å². The van der Waals surface area contributed by atoms with E-state index in [0.717, 1.165) is 12.8 Å². The summed E-state index contributed by atoms with van der Waals surface area (Å²) in [4.78, 5) is 12.6. The van der Waals surface area contributed by atoms with Gasteiger partial charge in [-0.25, -0.2) is 4.68 Å². The Bertz CT molecular complexity index is 702. The van der Waals surface area contributed by atoms with Gasteiger partial charge >= 0.3 is 0 Å². The maximum Gasteiger partial charge on any atom is 0.253 e. The fourth-order valence-corrected chi connectivity index (χ4v) is 2.93. The molecule has 1 atom stereocenters. The van der Waals surface area contributed by atoms with Gasteiger partial charge in [0, 0.05) is 12.6 Å². The lowest BCUT2D eigenvalue weighted by Gasteiger charge is -2.35. The smallest absolute Gasteiger partial charge is 0.253 e. The minimum Gasteiger partial charge on any atom is -0.375 e. The number of hydrogen-bond donors (Lipinski definition) is 1. The molecule has 1 fully saturated rings. The Morgan fingerprint density at radius 3 is 3.00 bits per heavy atom. The van der Waals surface area contributed by atoms with Crippen LogP contribution < -0.4 is 5.32 Å². The summed E-state index contributed by atoms with van der Waals surface area (Å²) in [6.45, 7) is 4.68. The molecule has 2 aromatic rings. The van der Waals surface area contributed by atoms with Crippen LogP contribution in [0.1, 0.15) is 37.0 Å². The number of aromatic nitrogens is 4. The number of benzene rings is 1. The van der Waals surface area contributed by atoms with Crippen LogP contribution in [0.2, 0.25) is 5.02 Å². The van der Waals surface area contributed by atoms with Crippen molar-refractivity contribution in [3.8, 4) is 5.69 Å². The van der Waals surface area contributed by atoms with E-state index >= 15 is 0 Å². The molecule has 0 bridgehead atoms. The summed E-state index contributed by atoms with van der Waals surface area (Å²) in [7, 11) is 0. The van der Waals surface area contributed by atoms with Gasteiger partial charge in [0.05, 0.1) is 21.9 Å². The van der Waals surface area contributed by atoms with Crippen LogP contribution in [0.15, 0.2) is 24.5 Å². The van der Waals surface area contributed by atoms with E-state index in [1.54, 1.807) is 18.2 Å². The van der Waals surface area contributed by atoms with Gasteiger partial charge in [-0.2, -0.15) is 0 Å². The average molecular weight is 336 g/mol. The lowest BCUT2D eigenvalue weighted by atomic mass is 9.94. The first-order valence-corrected chi connectivity index (χ1v) is 7.80. The van der Waals surface area contributed by atoms with Crippen molar-refractivity contribution in [1.29, 1.82) is 0 Å². The van der Waals surface area contributed by atoms with E-state index in [0.29, 0.717) is 22.9 Å². The lowest BCUT2D eigenvalue weighted by molar-refractivity contribution is -0.0615. The van der Waals surface area contributed by atoms with Crippen LogP contribution in [-0.2, 0) is 4.74 Å². The van der Waals surface area contributed by atoms with Crippen molar-refractivity contribution in [2.75, 3.05) is 6.61 Å². The molecule has 1 N–H and O–H groups in total. The highest BCUT2D eigenvalue weighted by Crippen LogP contribution is 2.25. The molecule has 122 valence electrons. The van der Waals surface area contributed by atoms with Crippen molar-refractivity contribution in [3.05, 3.63) is 35.1 Å². The zero-order valence-corrected chi connectivity index (χ0v) is 13.7. The van der Waals surface area contributed by atoms with Gasteiger partial charge in [-0.3, -0.25) is 4.79 Å². The van der Waals surface area contributed by atoms with Gasteiger partial charge in [0.2, 0.25) is 0 Å². The predicted molar refractivity (Wildman–Crippen MR) is 84.7 cm³/mol. The number of tetrazole rings is 1. The Morgan fingerprint density at radius 1 is 1.48 bits per heavy atom. The van der Waals surface area contributed by atoms with Crippen molar-refractivity contribution >= 4 is 17.5 Å². The van der Waals surface area contributed by atoms with Gasteiger partial charge in [0.25, 0.3) is 5.91 Å². The first-order chi connectivity index (χ1) is 10.9. The summed E-state index contributed by atoms with van der Waals surface area (Å²) in [5.74, 6) is -0.201.